The molecule has 1 fully saturated rings. The molecule has 23 heavy (non-hydrogen) atoms. The molecule has 126 valence electrons. The Balaban J connectivity index is 1.74. The van der Waals surface area contributed by atoms with E-state index in [1.54, 1.807) is 0 Å². The van der Waals surface area contributed by atoms with Crippen molar-refractivity contribution < 1.29 is 8.78 Å². The summed E-state index contributed by atoms with van der Waals surface area (Å²) in [5.41, 5.74) is 0.731. The lowest BCUT2D eigenvalue weighted by molar-refractivity contribution is 0.0226. The lowest BCUT2D eigenvalue weighted by Crippen LogP contribution is -2.42. The Hall–Kier alpha value is -1.51. The zero-order chi connectivity index (χ0) is 16.8. The number of piperidine rings is 1. The standard InChI is InChI=1S/C18H25F2N3/c1-17(19,20)15-22-10-5-11-23-12-8-18(14-21,9-13-23)16-6-3-2-4-7-16/h2-4,6-7,22H,5,8-13,15H2,1H3. The van der Waals surface area contributed by atoms with Gasteiger partial charge >= 0.3 is 0 Å². The number of hydrogen-bond acceptors (Lipinski definition) is 3. The number of likely N-dealkylation sites (tertiary alicyclic amines) is 1. The minimum Gasteiger partial charge on any atom is -0.311 e. The van der Waals surface area contributed by atoms with Crippen molar-refractivity contribution >= 4 is 0 Å². The molecule has 2 rings (SSSR count). The van der Waals surface area contributed by atoms with Crippen LogP contribution in [-0.4, -0.2) is 43.5 Å². The maximum absolute atomic E-state index is 12.7. The highest BCUT2D eigenvalue weighted by Gasteiger charge is 2.36. The number of rotatable bonds is 7. The third-order valence-electron chi connectivity index (χ3n) is 4.51. The Morgan fingerprint density at radius 3 is 2.48 bits per heavy atom. The topological polar surface area (TPSA) is 39.1 Å². The smallest absolute Gasteiger partial charge is 0.257 e. The molecular weight excluding hydrogens is 296 g/mol. The van der Waals surface area contributed by atoms with Crippen molar-refractivity contribution in [3.8, 4) is 6.07 Å². The molecule has 0 bridgehead atoms. The Morgan fingerprint density at radius 1 is 1.26 bits per heavy atom. The Morgan fingerprint density at radius 2 is 1.91 bits per heavy atom. The molecule has 1 N–H and O–H groups in total. The molecule has 1 aromatic carbocycles. The van der Waals surface area contributed by atoms with Crippen molar-refractivity contribution in [3.05, 3.63) is 35.9 Å². The van der Waals surface area contributed by atoms with Crippen LogP contribution in [0.3, 0.4) is 0 Å². The fraction of sp³-hybridized carbons (Fsp3) is 0.611. The molecule has 0 spiro atoms. The number of alkyl halides is 2. The molecule has 0 radical (unpaired) electrons. The number of nitrogens with one attached hydrogen (secondary N) is 1. The summed E-state index contributed by atoms with van der Waals surface area (Å²) in [5.74, 6) is -2.65. The van der Waals surface area contributed by atoms with E-state index in [4.69, 9.17) is 0 Å². The molecule has 3 nitrogen and oxygen atoms in total. The van der Waals surface area contributed by atoms with Crippen molar-refractivity contribution in [2.75, 3.05) is 32.7 Å². The molecule has 1 aromatic rings. The van der Waals surface area contributed by atoms with E-state index in [0.29, 0.717) is 6.54 Å². The summed E-state index contributed by atoms with van der Waals surface area (Å²) in [5, 5.41) is 12.4. The number of nitrogens with zero attached hydrogens (tertiary/aromatic N) is 2. The first-order chi connectivity index (χ1) is 11.0. The first-order valence-corrected chi connectivity index (χ1v) is 8.23. The van der Waals surface area contributed by atoms with Gasteiger partial charge in [0.25, 0.3) is 5.92 Å². The SMILES string of the molecule is CC(F)(F)CNCCCN1CCC(C#N)(c2ccccc2)CC1. The van der Waals surface area contributed by atoms with E-state index in [-0.39, 0.29) is 12.0 Å². The van der Waals surface area contributed by atoms with Gasteiger partial charge in [0.1, 0.15) is 0 Å². The predicted molar refractivity (Wildman–Crippen MR) is 87.5 cm³/mol. The van der Waals surface area contributed by atoms with Gasteiger partial charge in [-0.1, -0.05) is 30.3 Å². The highest BCUT2D eigenvalue weighted by atomic mass is 19.3. The van der Waals surface area contributed by atoms with E-state index in [9.17, 15) is 14.0 Å². The van der Waals surface area contributed by atoms with Crippen molar-refractivity contribution in [1.82, 2.24) is 10.2 Å². The molecule has 0 saturated carbocycles. The van der Waals surface area contributed by atoms with Gasteiger partial charge < -0.3 is 10.2 Å². The molecule has 0 amide bonds. The molecule has 1 heterocycles. The fourth-order valence-electron chi connectivity index (χ4n) is 3.12. The van der Waals surface area contributed by atoms with Crippen LogP contribution < -0.4 is 5.32 Å². The Bertz CT molecular complexity index is 511. The van der Waals surface area contributed by atoms with Crippen LogP contribution in [0.15, 0.2) is 30.3 Å². The minimum absolute atomic E-state index is 0.265. The average Bonchev–Trinajstić information content (AvgIpc) is 2.55. The Labute approximate surface area is 137 Å². The number of halogens is 2. The van der Waals surface area contributed by atoms with Crippen LogP contribution in [0.25, 0.3) is 0 Å². The van der Waals surface area contributed by atoms with E-state index >= 15 is 0 Å². The van der Waals surface area contributed by atoms with Crippen molar-refractivity contribution in [2.24, 2.45) is 0 Å². The highest BCUT2D eigenvalue weighted by molar-refractivity contribution is 5.33. The summed E-state index contributed by atoms with van der Waals surface area (Å²) < 4.78 is 25.4. The summed E-state index contributed by atoms with van der Waals surface area (Å²) in [6.07, 6.45) is 2.50. The summed E-state index contributed by atoms with van der Waals surface area (Å²) >= 11 is 0. The molecule has 0 unspecified atom stereocenters. The lowest BCUT2D eigenvalue weighted by atomic mass is 9.74. The van der Waals surface area contributed by atoms with Crippen LogP contribution >= 0.6 is 0 Å². The quantitative estimate of drug-likeness (QED) is 0.784. The number of benzene rings is 1. The monoisotopic (exact) mass is 321 g/mol. The van der Waals surface area contributed by atoms with Gasteiger partial charge in [0.05, 0.1) is 18.0 Å². The first kappa shape index (κ1) is 17.8. The molecule has 5 heteroatoms. The van der Waals surface area contributed by atoms with Gasteiger partial charge in [-0.05, 0) is 51.0 Å². The van der Waals surface area contributed by atoms with E-state index in [1.807, 2.05) is 30.3 Å². The summed E-state index contributed by atoms with van der Waals surface area (Å²) in [7, 11) is 0. The van der Waals surface area contributed by atoms with E-state index in [1.165, 1.54) is 0 Å². The second-order valence-electron chi connectivity index (χ2n) is 6.50. The fourth-order valence-corrected chi connectivity index (χ4v) is 3.12. The van der Waals surface area contributed by atoms with E-state index < -0.39 is 5.92 Å². The average molecular weight is 321 g/mol. The molecule has 0 aliphatic carbocycles. The summed E-state index contributed by atoms with van der Waals surface area (Å²) in [6.45, 7) is 3.91. The van der Waals surface area contributed by atoms with Crippen LogP contribution in [-0.2, 0) is 5.41 Å². The van der Waals surface area contributed by atoms with Gasteiger partial charge in [-0.3, -0.25) is 0 Å². The van der Waals surface area contributed by atoms with Gasteiger partial charge in [0, 0.05) is 6.92 Å². The van der Waals surface area contributed by atoms with Crippen molar-refractivity contribution in [1.29, 1.82) is 5.26 Å². The largest absolute Gasteiger partial charge is 0.311 e. The van der Waals surface area contributed by atoms with Crippen LogP contribution in [0.1, 0.15) is 31.7 Å². The van der Waals surface area contributed by atoms with Crippen LogP contribution in [0.2, 0.25) is 0 Å². The first-order valence-electron chi connectivity index (χ1n) is 8.23. The van der Waals surface area contributed by atoms with Crippen LogP contribution in [0, 0.1) is 11.3 Å². The third-order valence-corrected chi connectivity index (χ3v) is 4.51. The van der Waals surface area contributed by atoms with Gasteiger partial charge in [0.15, 0.2) is 0 Å². The number of nitriles is 1. The molecule has 0 atom stereocenters. The minimum atomic E-state index is -2.65. The lowest BCUT2D eigenvalue weighted by Gasteiger charge is -2.37. The maximum Gasteiger partial charge on any atom is 0.257 e. The summed E-state index contributed by atoms with van der Waals surface area (Å²) in [6, 6.07) is 12.5. The molecule has 1 saturated heterocycles. The third kappa shape index (κ3) is 5.26. The van der Waals surface area contributed by atoms with Crippen LogP contribution in [0.4, 0.5) is 8.78 Å². The zero-order valence-corrected chi connectivity index (χ0v) is 13.7. The van der Waals surface area contributed by atoms with Gasteiger partial charge in [-0.15, -0.1) is 0 Å². The van der Waals surface area contributed by atoms with Crippen LogP contribution in [0.5, 0.6) is 0 Å². The number of hydrogen-bond donors (Lipinski definition) is 1. The maximum atomic E-state index is 12.7. The second kappa shape index (κ2) is 7.85. The van der Waals surface area contributed by atoms with Gasteiger partial charge in [0.2, 0.25) is 0 Å². The molecule has 0 aromatic heterocycles. The second-order valence-corrected chi connectivity index (χ2v) is 6.50. The van der Waals surface area contributed by atoms with Gasteiger partial charge in [-0.2, -0.15) is 5.26 Å². The van der Waals surface area contributed by atoms with Gasteiger partial charge in [-0.25, -0.2) is 8.78 Å². The Kier molecular flexibility index (Phi) is 6.09. The molecule has 1 aliphatic heterocycles. The predicted octanol–water partition coefficient (Wildman–Crippen LogP) is 3.18. The zero-order valence-electron chi connectivity index (χ0n) is 13.7. The van der Waals surface area contributed by atoms with E-state index in [0.717, 1.165) is 51.4 Å². The van der Waals surface area contributed by atoms with E-state index in [2.05, 4.69) is 16.3 Å². The highest BCUT2D eigenvalue weighted by Crippen LogP contribution is 2.34. The normalized spacial score (nSPS) is 18.5. The van der Waals surface area contributed by atoms with Crippen molar-refractivity contribution in [3.63, 3.8) is 0 Å². The molecular formula is C18H25F2N3. The van der Waals surface area contributed by atoms with Crippen molar-refractivity contribution in [2.45, 2.75) is 37.5 Å². The summed E-state index contributed by atoms with van der Waals surface area (Å²) in [4.78, 5) is 2.32. The molecule has 1 aliphatic rings.